The normalized spacial score (nSPS) is 10.4. The van der Waals surface area contributed by atoms with Crippen molar-refractivity contribution in [2.24, 2.45) is 0 Å². The van der Waals surface area contributed by atoms with Crippen molar-refractivity contribution in [1.82, 2.24) is 9.80 Å². The highest BCUT2D eigenvalue weighted by atomic mass is 19.1. The second kappa shape index (κ2) is 18.3. The topological polar surface area (TPSA) is 146 Å². The first-order valence-corrected chi connectivity index (χ1v) is 16.1. The first-order chi connectivity index (χ1) is 26.1. The van der Waals surface area contributed by atoms with Gasteiger partial charge in [0.25, 0.3) is 11.8 Å². The average Bonchev–Trinajstić information content (AvgIpc) is 3.19. The van der Waals surface area contributed by atoms with Gasteiger partial charge in [0.2, 0.25) is 0 Å². The van der Waals surface area contributed by atoms with E-state index in [-0.39, 0.29) is 23.0 Å². The van der Waals surface area contributed by atoms with Gasteiger partial charge in [0.15, 0.2) is 0 Å². The molecule has 5 aromatic carbocycles. The van der Waals surface area contributed by atoms with Gasteiger partial charge < -0.3 is 18.9 Å². The van der Waals surface area contributed by atoms with Gasteiger partial charge in [0, 0.05) is 5.56 Å². The highest BCUT2D eigenvalue weighted by molar-refractivity contribution is 6.15. The van der Waals surface area contributed by atoms with Crippen LogP contribution in [0.25, 0.3) is 0 Å². The van der Waals surface area contributed by atoms with Crippen molar-refractivity contribution in [2.45, 2.75) is 26.4 Å². The van der Waals surface area contributed by atoms with Gasteiger partial charge in [-0.1, -0.05) is 121 Å². The summed E-state index contributed by atoms with van der Waals surface area (Å²) in [5.41, 5.74) is -0.477. The van der Waals surface area contributed by atoms with E-state index in [4.69, 9.17) is 18.9 Å². The van der Waals surface area contributed by atoms with E-state index in [2.05, 4.69) is 0 Å². The molecule has 0 unspecified atom stereocenters. The van der Waals surface area contributed by atoms with Gasteiger partial charge in [-0.05, 0) is 34.4 Å². The monoisotopic (exact) mass is 736 g/mol. The molecule has 0 atom stereocenters. The van der Waals surface area contributed by atoms with Crippen LogP contribution < -0.4 is 0 Å². The summed E-state index contributed by atoms with van der Waals surface area (Å²) < 4.78 is 51.9. The number of hydrogen-bond acceptors (Lipinski definition) is 10. The van der Waals surface area contributed by atoms with E-state index in [1.807, 2.05) is 0 Å². The maximum absolute atomic E-state index is 15.7. The zero-order valence-electron chi connectivity index (χ0n) is 28.3. The number of carbonyl (C=O) groups excluding carboxylic acids is 6. The second-order valence-electron chi connectivity index (χ2n) is 11.3. The van der Waals surface area contributed by atoms with Gasteiger partial charge in [-0.15, -0.1) is 9.80 Å². The summed E-state index contributed by atoms with van der Waals surface area (Å²) in [6, 6.07) is 33.4. The van der Waals surface area contributed by atoms with Crippen molar-refractivity contribution in [2.75, 3.05) is 0 Å². The predicted molar refractivity (Wildman–Crippen MR) is 185 cm³/mol. The molecule has 0 saturated heterocycles. The summed E-state index contributed by atoms with van der Waals surface area (Å²) in [6.45, 7) is -1.63. The van der Waals surface area contributed by atoms with Crippen molar-refractivity contribution in [1.29, 1.82) is 0 Å². The number of halogens is 2. The molecule has 0 heterocycles. The molecular weight excluding hydrogens is 706 g/mol. The van der Waals surface area contributed by atoms with Crippen molar-refractivity contribution >= 4 is 36.2 Å². The third-order valence-electron chi connectivity index (χ3n) is 7.46. The summed E-state index contributed by atoms with van der Waals surface area (Å²) in [6.07, 6.45) is -6.29. The Hall–Kier alpha value is -7.22. The van der Waals surface area contributed by atoms with Gasteiger partial charge in [0.1, 0.15) is 43.6 Å². The molecule has 0 radical (unpaired) electrons. The molecule has 274 valence electrons. The Morgan fingerprint density at radius 1 is 0.407 bits per heavy atom. The number of benzene rings is 5. The molecule has 0 spiro atoms. The fourth-order valence-corrected chi connectivity index (χ4v) is 4.76. The molecule has 0 saturated carbocycles. The van der Waals surface area contributed by atoms with Crippen molar-refractivity contribution in [3.63, 3.8) is 0 Å². The quantitative estimate of drug-likeness (QED) is 0.129. The molecule has 12 nitrogen and oxygen atoms in total. The van der Waals surface area contributed by atoms with E-state index in [1.165, 1.54) is 0 Å². The number of amides is 6. The number of carbonyl (C=O) groups is 6. The van der Waals surface area contributed by atoms with E-state index in [0.717, 1.165) is 0 Å². The first kappa shape index (κ1) is 38.0. The molecule has 54 heavy (non-hydrogen) atoms. The van der Waals surface area contributed by atoms with E-state index < -0.39 is 72.2 Å². The minimum Gasteiger partial charge on any atom is -0.444 e. The van der Waals surface area contributed by atoms with Crippen LogP contribution in [0.15, 0.2) is 133 Å². The lowest BCUT2D eigenvalue weighted by Crippen LogP contribution is -2.44. The fourth-order valence-electron chi connectivity index (χ4n) is 4.76. The summed E-state index contributed by atoms with van der Waals surface area (Å²) >= 11 is 0. The molecule has 0 aliphatic heterocycles. The van der Waals surface area contributed by atoms with Crippen LogP contribution in [0.3, 0.4) is 0 Å². The van der Waals surface area contributed by atoms with Gasteiger partial charge in [0.05, 0.1) is 0 Å². The van der Waals surface area contributed by atoms with Crippen molar-refractivity contribution in [3.05, 3.63) is 178 Å². The van der Waals surface area contributed by atoms with Crippen LogP contribution in [0.5, 0.6) is 0 Å². The van der Waals surface area contributed by atoms with Gasteiger partial charge in [-0.3, -0.25) is 9.59 Å². The predicted octanol–water partition coefficient (Wildman–Crippen LogP) is 8.20. The van der Waals surface area contributed by atoms with Crippen LogP contribution in [-0.4, -0.2) is 46.0 Å². The largest absolute Gasteiger partial charge is 0.444 e. The molecule has 0 aliphatic carbocycles. The molecule has 0 fully saturated rings. The Bertz CT molecular complexity index is 1980. The van der Waals surface area contributed by atoms with E-state index in [1.54, 1.807) is 121 Å². The Morgan fingerprint density at radius 2 is 0.667 bits per heavy atom. The van der Waals surface area contributed by atoms with E-state index in [0.29, 0.717) is 34.4 Å². The Morgan fingerprint density at radius 3 is 0.944 bits per heavy atom. The summed E-state index contributed by atoms with van der Waals surface area (Å²) in [5.74, 6) is -6.89. The molecule has 0 aliphatic rings. The zero-order valence-corrected chi connectivity index (χ0v) is 28.3. The lowest BCUT2D eigenvalue weighted by molar-refractivity contribution is 0.0511. The second-order valence-corrected chi connectivity index (χ2v) is 11.3. The summed E-state index contributed by atoms with van der Waals surface area (Å²) in [7, 11) is 0. The van der Waals surface area contributed by atoms with Crippen LogP contribution >= 0.6 is 0 Å². The lowest BCUT2D eigenvalue weighted by atomic mass is 10.1. The van der Waals surface area contributed by atoms with Crippen LogP contribution in [0, 0.1) is 11.6 Å². The van der Waals surface area contributed by atoms with Crippen LogP contribution in [0.2, 0.25) is 0 Å². The first-order valence-electron chi connectivity index (χ1n) is 16.1. The molecule has 5 rings (SSSR count). The van der Waals surface area contributed by atoms with Crippen LogP contribution in [-0.2, 0) is 45.4 Å². The fraction of sp³-hybridized carbons (Fsp3) is 0.100. The summed E-state index contributed by atoms with van der Waals surface area (Å²) in [4.78, 5) is 79.3. The molecule has 14 heteroatoms. The van der Waals surface area contributed by atoms with Crippen molar-refractivity contribution < 1.29 is 56.5 Å². The van der Waals surface area contributed by atoms with Crippen molar-refractivity contribution in [3.8, 4) is 0 Å². The van der Waals surface area contributed by atoms with E-state index in [9.17, 15) is 28.8 Å². The maximum Gasteiger partial charge on any atom is 0.426 e. The number of rotatable bonds is 10. The van der Waals surface area contributed by atoms with Gasteiger partial charge >= 0.3 is 24.4 Å². The number of ether oxygens (including phenoxy) is 4. The van der Waals surface area contributed by atoms with Gasteiger partial charge in [-0.2, -0.15) is 0 Å². The van der Waals surface area contributed by atoms with Crippen LogP contribution in [0.4, 0.5) is 28.0 Å². The number of hydrogen-bond donors (Lipinski definition) is 0. The molecule has 0 bridgehead atoms. The van der Waals surface area contributed by atoms with E-state index >= 15 is 8.78 Å². The lowest BCUT2D eigenvalue weighted by Gasteiger charge is -2.20. The van der Waals surface area contributed by atoms with Crippen LogP contribution in [0.1, 0.15) is 43.0 Å². The minimum absolute atomic E-state index is 0.101. The third-order valence-corrected chi connectivity index (χ3v) is 7.46. The molecule has 5 aromatic rings. The SMILES string of the molecule is O=C(OCc1ccccc1)N(C(=O)OCc1ccccc1)C(=O)c1cc(F)c(C(=O)N(C(=O)OCc2ccccc2)C(=O)OCc2ccccc2)c(F)c1. The maximum atomic E-state index is 15.7. The molecule has 6 amide bonds. The molecule has 0 N–H and O–H groups in total. The Labute approximate surface area is 307 Å². The summed E-state index contributed by atoms with van der Waals surface area (Å²) in [5, 5.41) is 0. The molecular formula is C40H30F2N2O10. The standard InChI is InChI=1S/C40H30F2N2O10/c41-32-21-31(35(45)43(37(47)51-23-27-13-5-1-6-14-27)38(48)52-24-28-15-7-2-8-16-28)22-33(42)34(32)36(46)44(39(49)53-25-29-17-9-3-10-18-29)40(50)54-26-30-19-11-4-12-20-30/h1-22H,23-26H2. The average molecular weight is 737 g/mol. The smallest absolute Gasteiger partial charge is 0.426 e. The number of nitrogens with zero attached hydrogens (tertiary/aromatic N) is 2. The highest BCUT2D eigenvalue weighted by Gasteiger charge is 2.38. The minimum atomic E-state index is -1.83. The Balaban J connectivity index is 1.41. The molecule has 0 aromatic heterocycles. The Kier molecular flexibility index (Phi) is 12.9. The number of imide groups is 6. The van der Waals surface area contributed by atoms with Gasteiger partial charge in [-0.25, -0.2) is 28.0 Å². The highest BCUT2D eigenvalue weighted by Crippen LogP contribution is 2.22. The third kappa shape index (κ3) is 9.97. The zero-order chi connectivity index (χ0) is 38.5.